The summed E-state index contributed by atoms with van der Waals surface area (Å²) in [6.07, 6.45) is 9.18. The average Bonchev–Trinajstić information content (AvgIpc) is 2.82. The summed E-state index contributed by atoms with van der Waals surface area (Å²) >= 11 is 0. The summed E-state index contributed by atoms with van der Waals surface area (Å²) in [5, 5.41) is 0. The summed E-state index contributed by atoms with van der Waals surface area (Å²) in [5.74, 6) is 1.57. The van der Waals surface area contributed by atoms with Crippen molar-refractivity contribution in [2.75, 3.05) is 0 Å². The normalized spacial score (nSPS) is 22.1. The van der Waals surface area contributed by atoms with E-state index in [0.29, 0.717) is 0 Å². The largest absolute Gasteiger partial charge is 0.249 e. The Bertz CT molecular complexity index is 997. The molecule has 2 bridgehead atoms. The van der Waals surface area contributed by atoms with Crippen molar-refractivity contribution in [3.05, 3.63) is 59.4 Å². The average molecular weight is 360 g/mol. The van der Waals surface area contributed by atoms with Crippen LogP contribution in [0.2, 0.25) is 0 Å². The monoisotopic (exact) mass is 359 g/mol. The van der Waals surface area contributed by atoms with Crippen LogP contribution in [0.15, 0.2) is 42.7 Å². The fraction of sp³-hybridized carbons (Fsp3) is 0.480. The molecule has 6 rings (SSSR count). The SMILES string of the molecule is C[n+]1cn(-c2ccc(C(C)(C)C)cc2)c2cc3c(cc21)C1CCCC3CC1. The van der Waals surface area contributed by atoms with E-state index in [1.165, 1.54) is 54.4 Å². The van der Waals surface area contributed by atoms with Gasteiger partial charge in [-0.3, -0.25) is 0 Å². The van der Waals surface area contributed by atoms with Crippen molar-refractivity contribution < 1.29 is 4.57 Å². The van der Waals surface area contributed by atoms with Crippen molar-refractivity contribution in [1.29, 1.82) is 0 Å². The lowest BCUT2D eigenvalue weighted by Gasteiger charge is -2.26. The van der Waals surface area contributed by atoms with Gasteiger partial charge in [0.2, 0.25) is 6.33 Å². The molecule has 0 radical (unpaired) electrons. The minimum Gasteiger partial charge on any atom is -0.232 e. The second-order valence-corrected chi connectivity index (χ2v) is 9.77. The van der Waals surface area contributed by atoms with Gasteiger partial charge >= 0.3 is 0 Å². The van der Waals surface area contributed by atoms with E-state index in [2.05, 4.69) is 79.7 Å². The van der Waals surface area contributed by atoms with E-state index in [1.54, 1.807) is 11.1 Å². The fourth-order valence-corrected chi connectivity index (χ4v) is 5.34. The van der Waals surface area contributed by atoms with Crippen LogP contribution in [0.5, 0.6) is 0 Å². The molecule has 1 fully saturated rings. The molecule has 0 saturated heterocycles. The lowest BCUT2D eigenvalue weighted by molar-refractivity contribution is -0.645. The topological polar surface area (TPSA) is 8.81 Å². The van der Waals surface area contributed by atoms with Gasteiger partial charge in [0.25, 0.3) is 0 Å². The molecule has 0 spiro atoms. The third kappa shape index (κ3) is 2.72. The molecule has 0 amide bonds. The van der Waals surface area contributed by atoms with E-state index < -0.39 is 0 Å². The van der Waals surface area contributed by atoms with Crippen LogP contribution in [0.3, 0.4) is 0 Å². The van der Waals surface area contributed by atoms with Crippen molar-refractivity contribution in [3.63, 3.8) is 0 Å². The smallest absolute Gasteiger partial charge is 0.232 e. The number of nitrogens with zero attached hydrogens (tertiary/aromatic N) is 2. The van der Waals surface area contributed by atoms with E-state index in [1.807, 2.05) is 0 Å². The Hall–Kier alpha value is -2.09. The van der Waals surface area contributed by atoms with Gasteiger partial charge in [-0.1, -0.05) is 39.3 Å². The van der Waals surface area contributed by atoms with Gasteiger partial charge in [-0.2, -0.15) is 4.57 Å². The van der Waals surface area contributed by atoms with Gasteiger partial charge in [0.15, 0.2) is 11.0 Å². The molecule has 3 aliphatic carbocycles. The second kappa shape index (κ2) is 5.95. The van der Waals surface area contributed by atoms with Gasteiger partial charge in [-0.05, 0) is 83.9 Å². The first-order valence-electron chi connectivity index (χ1n) is 10.6. The number of aromatic nitrogens is 2. The highest BCUT2D eigenvalue weighted by Gasteiger charge is 2.32. The summed E-state index contributed by atoms with van der Waals surface area (Å²) in [5.41, 5.74) is 8.84. The Balaban J connectivity index is 1.66. The van der Waals surface area contributed by atoms with E-state index >= 15 is 0 Å². The molecule has 2 aromatic carbocycles. The van der Waals surface area contributed by atoms with Gasteiger partial charge in [0.05, 0.1) is 7.05 Å². The quantitative estimate of drug-likeness (QED) is 0.479. The van der Waals surface area contributed by atoms with E-state index in [-0.39, 0.29) is 5.41 Å². The molecule has 1 saturated carbocycles. The highest BCUT2D eigenvalue weighted by Crippen LogP contribution is 2.48. The fourth-order valence-electron chi connectivity index (χ4n) is 5.34. The summed E-state index contributed by atoms with van der Waals surface area (Å²) in [4.78, 5) is 0. The molecular formula is C25H31N2+. The van der Waals surface area contributed by atoms with Crippen LogP contribution in [0, 0.1) is 0 Å². The Morgan fingerprint density at radius 3 is 2.15 bits per heavy atom. The molecule has 0 N–H and O–H groups in total. The van der Waals surface area contributed by atoms with Crippen molar-refractivity contribution in [3.8, 4) is 5.69 Å². The molecule has 1 aromatic heterocycles. The van der Waals surface area contributed by atoms with Crippen LogP contribution in [-0.2, 0) is 12.5 Å². The zero-order valence-corrected chi connectivity index (χ0v) is 17.1. The highest BCUT2D eigenvalue weighted by atomic mass is 15.1. The summed E-state index contributed by atoms with van der Waals surface area (Å²) < 4.78 is 4.67. The lowest BCUT2D eigenvalue weighted by atomic mass is 9.78. The van der Waals surface area contributed by atoms with E-state index in [9.17, 15) is 0 Å². The zero-order chi connectivity index (χ0) is 18.8. The Morgan fingerprint density at radius 1 is 0.889 bits per heavy atom. The molecule has 2 unspecified atom stereocenters. The van der Waals surface area contributed by atoms with Crippen LogP contribution in [0.25, 0.3) is 16.7 Å². The number of benzene rings is 2. The minimum atomic E-state index is 0.193. The van der Waals surface area contributed by atoms with Crippen molar-refractivity contribution in [2.45, 2.75) is 70.1 Å². The Labute approximate surface area is 162 Å². The second-order valence-electron chi connectivity index (χ2n) is 9.77. The van der Waals surface area contributed by atoms with E-state index in [0.717, 1.165) is 11.8 Å². The third-order valence-corrected chi connectivity index (χ3v) is 6.97. The first kappa shape index (κ1) is 17.0. The van der Waals surface area contributed by atoms with Crippen LogP contribution in [-0.4, -0.2) is 4.57 Å². The molecule has 0 aliphatic heterocycles. The van der Waals surface area contributed by atoms with Gasteiger partial charge in [0, 0.05) is 0 Å². The number of hydrogen-bond acceptors (Lipinski definition) is 0. The number of imidazole rings is 1. The zero-order valence-electron chi connectivity index (χ0n) is 17.1. The van der Waals surface area contributed by atoms with Crippen LogP contribution >= 0.6 is 0 Å². The van der Waals surface area contributed by atoms with E-state index in [4.69, 9.17) is 0 Å². The van der Waals surface area contributed by atoms with Gasteiger partial charge in [0.1, 0.15) is 5.69 Å². The molecule has 2 heteroatoms. The van der Waals surface area contributed by atoms with Crippen LogP contribution in [0.4, 0.5) is 0 Å². The van der Waals surface area contributed by atoms with Crippen molar-refractivity contribution >= 4 is 11.0 Å². The maximum absolute atomic E-state index is 2.52. The van der Waals surface area contributed by atoms with Gasteiger partial charge in [-0.15, -0.1) is 0 Å². The predicted octanol–water partition coefficient (Wildman–Crippen LogP) is 5.90. The molecular weight excluding hydrogens is 328 g/mol. The number of aryl methyl sites for hydroxylation is 1. The molecule has 140 valence electrons. The standard InChI is InChI=1S/C25H31N2/c1-25(2,3)19-10-12-20(13-11-19)27-16-26(4)23-14-21-17-6-5-7-18(9-8-17)22(21)15-24(23)27/h10-18H,5-9H2,1-4H3/q+1. The maximum atomic E-state index is 2.52. The molecule has 3 aliphatic rings. The molecule has 3 aromatic rings. The summed E-state index contributed by atoms with van der Waals surface area (Å²) in [6, 6.07) is 14.1. The number of hydrogen-bond donors (Lipinski definition) is 0. The van der Waals surface area contributed by atoms with Crippen LogP contribution < -0.4 is 4.57 Å². The van der Waals surface area contributed by atoms with Crippen molar-refractivity contribution in [1.82, 2.24) is 4.57 Å². The first-order valence-corrected chi connectivity index (χ1v) is 10.6. The van der Waals surface area contributed by atoms with Crippen molar-refractivity contribution in [2.24, 2.45) is 7.05 Å². The Kier molecular flexibility index (Phi) is 3.76. The van der Waals surface area contributed by atoms with Gasteiger partial charge < -0.3 is 0 Å². The first-order chi connectivity index (χ1) is 12.9. The molecule has 2 atom stereocenters. The summed E-state index contributed by atoms with van der Waals surface area (Å²) in [7, 11) is 2.18. The minimum absolute atomic E-state index is 0.193. The lowest BCUT2D eigenvalue weighted by Crippen LogP contribution is -2.25. The van der Waals surface area contributed by atoms with Crippen LogP contribution in [0.1, 0.15) is 81.4 Å². The highest BCUT2D eigenvalue weighted by molar-refractivity contribution is 5.77. The molecule has 27 heavy (non-hydrogen) atoms. The third-order valence-electron chi connectivity index (χ3n) is 6.97. The number of fused-ring (bicyclic) bond motifs is 4. The maximum Gasteiger partial charge on any atom is 0.249 e. The predicted molar refractivity (Wildman–Crippen MR) is 112 cm³/mol. The van der Waals surface area contributed by atoms with Gasteiger partial charge in [-0.25, -0.2) is 4.57 Å². The molecule has 1 heterocycles. The summed E-state index contributed by atoms with van der Waals surface area (Å²) in [6.45, 7) is 6.83. The molecule has 2 nitrogen and oxygen atoms in total. The Morgan fingerprint density at radius 2 is 1.52 bits per heavy atom. The number of rotatable bonds is 1.